The number of hydrogen-bond acceptors (Lipinski definition) is 8. The molecule has 1 saturated heterocycles. The molecule has 1 amide bonds. The van der Waals surface area contributed by atoms with Gasteiger partial charge in [0.2, 0.25) is 11.9 Å². The molecule has 2 aromatic carbocycles. The summed E-state index contributed by atoms with van der Waals surface area (Å²) in [4.78, 5) is 41.6. The molecule has 11 heteroatoms. The molecule has 0 atom stereocenters. The fourth-order valence-corrected chi connectivity index (χ4v) is 4.44. The maximum atomic E-state index is 12.4. The van der Waals surface area contributed by atoms with Crippen LogP contribution in [0.15, 0.2) is 72.4 Å². The van der Waals surface area contributed by atoms with Crippen LogP contribution in [0.2, 0.25) is 5.02 Å². The van der Waals surface area contributed by atoms with Crippen molar-refractivity contribution in [2.75, 3.05) is 48.8 Å². The van der Waals surface area contributed by atoms with E-state index in [9.17, 15) is 9.59 Å². The first-order valence-corrected chi connectivity index (χ1v) is 12.1. The van der Waals surface area contributed by atoms with Crippen molar-refractivity contribution in [1.29, 1.82) is 0 Å². The van der Waals surface area contributed by atoms with Crippen LogP contribution in [-0.2, 0) is 4.79 Å². The number of piperazine rings is 1. The van der Waals surface area contributed by atoms with Gasteiger partial charge in [0.05, 0.1) is 16.4 Å². The van der Waals surface area contributed by atoms with E-state index in [-0.39, 0.29) is 11.3 Å². The first-order valence-electron chi connectivity index (χ1n) is 11.7. The van der Waals surface area contributed by atoms with Crippen LogP contribution in [0.4, 0.5) is 23.0 Å². The highest BCUT2D eigenvalue weighted by molar-refractivity contribution is 6.33. The number of benzene rings is 2. The normalized spacial score (nSPS) is 13.9. The minimum Gasteiger partial charge on any atom is -0.368 e. The van der Waals surface area contributed by atoms with Crippen LogP contribution in [0, 0.1) is 0 Å². The number of nitrogens with zero attached hydrogens (tertiary/aromatic N) is 6. The number of hydrogen-bond donors (Lipinski definition) is 2. The van der Waals surface area contributed by atoms with Gasteiger partial charge in [-0.3, -0.25) is 14.2 Å². The molecule has 3 heterocycles. The third-order valence-electron chi connectivity index (χ3n) is 6.14. The van der Waals surface area contributed by atoms with Gasteiger partial charge in [-0.05, 0) is 49.5 Å². The van der Waals surface area contributed by atoms with E-state index in [2.05, 4.69) is 49.0 Å². The van der Waals surface area contributed by atoms with Gasteiger partial charge in [0.25, 0.3) is 5.56 Å². The van der Waals surface area contributed by atoms with Gasteiger partial charge in [0, 0.05) is 43.8 Å². The van der Waals surface area contributed by atoms with Crippen molar-refractivity contribution in [2.24, 2.45) is 0 Å². The van der Waals surface area contributed by atoms with E-state index >= 15 is 0 Å². The zero-order valence-electron chi connectivity index (χ0n) is 20.2. The van der Waals surface area contributed by atoms with Crippen LogP contribution in [0.25, 0.3) is 16.7 Å². The average Bonchev–Trinajstić information content (AvgIpc) is 2.90. The number of carbonyl (C=O) groups excluding carboxylic acids is 1. The van der Waals surface area contributed by atoms with Crippen LogP contribution in [-0.4, -0.2) is 63.6 Å². The summed E-state index contributed by atoms with van der Waals surface area (Å²) in [5.74, 6) is -0.0301. The highest BCUT2D eigenvalue weighted by Crippen LogP contribution is 2.30. The van der Waals surface area contributed by atoms with Gasteiger partial charge >= 0.3 is 0 Å². The summed E-state index contributed by atoms with van der Waals surface area (Å²) in [6.07, 6.45) is 4.04. The average molecular weight is 517 g/mol. The third kappa shape index (κ3) is 5.30. The Morgan fingerprint density at radius 3 is 2.65 bits per heavy atom. The lowest BCUT2D eigenvalue weighted by atomic mass is 10.2. The van der Waals surface area contributed by atoms with Crippen molar-refractivity contribution in [2.45, 2.75) is 0 Å². The highest BCUT2D eigenvalue weighted by Gasteiger charge is 2.17. The summed E-state index contributed by atoms with van der Waals surface area (Å²) < 4.78 is 1.66. The molecule has 37 heavy (non-hydrogen) atoms. The molecule has 0 saturated carbocycles. The first-order chi connectivity index (χ1) is 17.9. The van der Waals surface area contributed by atoms with Crippen LogP contribution in [0.5, 0.6) is 0 Å². The largest absolute Gasteiger partial charge is 0.368 e. The van der Waals surface area contributed by atoms with E-state index in [1.165, 1.54) is 18.6 Å². The number of anilines is 4. The molecule has 1 aliphatic rings. The third-order valence-corrected chi connectivity index (χ3v) is 6.45. The van der Waals surface area contributed by atoms with Gasteiger partial charge in [-0.15, -0.1) is 0 Å². The van der Waals surface area contributed by atoms with Crippen molar-refractivity contribution in [3.05, 3.63) is 83.0 Å². The molecule has 1 aliphatic heterocycles. The lowest BCUT2D eigenvalue weighted by molar-refractivity contribution is -0.111. The van der Waals surface area contributed by atoms with Crippen molar-refractivity contribution >= 4 is 51.6 Å². The number of rotatable bonds is 6. The molecule has 0 aliphatic carbocycles. The second kappa shape index (κ2) is 10.4. The number of carbonyl (C=O) groups is 1. The topological polar surface area (TPSA) is 108 Å². The van der Waals surface area contributed by atoms with Gasteiger partial charge in [0.1, 0.15) is 11.7 Å². The number of likely N-dealkylation sites (N-methyl/N-ethyl adjacent to an activating group) is 1. The summed E-state index contributed by atoms with van der Waals surface area (Å²) in [5, 5.41) is 6.80. The number of aromatic nitrogens is 4. The van der Waals surface area contributed by atoms with Gasteiger partial charge in [-0.2, -0.15) is 9.97 Å². The molecule has 1 fully saturated rings. The fourth-order valence-electron chi connectivity index (χ4n) is 4.14. The Bertz CT molecular complexity index is 1550. The van der Waals surface area contributed by atoms with E-state index in [1.54, 1.807) is 22.8 Å². The zero-order chi connectivity index (χ0) is 25.9. The van der Waals surface area contributed by atoms with E-state index in [0.717, 1.165) is 37.6 Å². The quantitative estimate of drug-likeness (QED) is 0.375. The Labute approximate surface area is 218 Å². The molecule has 5 rings (SSSR count). The van der Waals surface area contributed by atoms with Gasteiger partial charge in [-0.1, -0.05) is 24.2 Å². The minimum absolute atomic E-state index is 0.261. The monoisotopic (exact) mass is 516 g/mol. The van der Waals surface area contributed by atoms with Crippen LogP contribution in [0.3, 0.4) is 0 Å². The Kier molecular flexibility index (Phi) is 6.85. The molecule has 0 unspecified atom stereocenters. The van der Waals surface area contributed by atoms with E-state index < -0.39 is 5.56 Å². The predicted molar refractivity (Wildman–Crippen MR) is 146 cm³/mol. The molecule has 2 N–H and O–H groups in total. The van der Waals surface area contributed by atoms with Gasteiger partial charge < -0.3 is 20.4 Å². The number of fused-ring (bicyclic) bond motifs is 1. The molecule has 0 radical (unpaired) electrons. The minimum atomic E-state index is -0.437. The summed E-state index contributed by atoms with van der Waals surface area (Å²) in [6, 6.07) is 12.9. The van der Waals surface area contributed by atoms with Crippen LogP contribution in [0.1, 0.15) is 0 Å². The number of nitrogens with one attached hydrogen (secondary N) is 2. The molecule has 4 aromatic rings. The standard InChI is InChI=1S/C26H25ClN8O2/c1-3-23(36)30-17-5-4-6-19(13-17)35-16-29-25(37)20-15-28-26(32-24(20)35)31-18-7-8-22(21(27)14-18)34-11-9-33(2)10-12-34/h3-8,13-16H,1,9-12H2,2H3,(H,30,36)(H,28,31,32). The number of amides is 1. The molecule has 0 spiro atoms. The van der Waals surface area contributed by atoms with Crippen LogP contribution < -0.4 is 21.1 Å². The van der Waals surface area contributed by atoms with Crippen molar-refractivity contribution in [3.63, 3.8) is 0 Å². The van der Waals surface area contributed by atoms with Crippen molar-refractivity contribution in [3.8, 4) is 5.69 Å². The molecule has 0 bridgehead atoms. The molecule has 2 aromatic heterocycles. The maximum absolute atomic E-state index is 12.4. The zero-order valence-corrected chi connectivity index (χ0v) is 20.9. The van der Waals surface area contributed by atoms with Crippen molar-refractivity contribution in [1.82, 2.24) is 24.4 Å². The smallest absolute Gasteiger partial charge is 0.283 e. The molecule has 188 valence electrons. The van der Waals surface area contributed by atoms with E-state index in [1.807, 2.05) is 24.3 Å². The molecular weight excluding hydrogens is 492 g/mol. The van der Waals surface area contributed by atoms with E-state index in [4.69, 9.17) is 11.6 Å². The SMILES string of the molecule is C=CC(=O)Nc1cccc(-n2cnc(=O)c3cnc(Nc4ccc(N5CCN(C)CC5)c(Cl)c4)nc32)c1. The fraction of sp³-hybridized carbons (Fsp3) is 0.192. The predicted octanol–water partition coefficient (Wildman–Crippen LogP) is 3.45. The van der Waals surface area contributed by atoms with Crippen LogP contribution >= 0.6 is 11.6 Å². The van der Waals surface area contributed by atoms with Crippen molar-refractivity contribution < 1.29 is 4.79 Å². The summed E-state index contributed by atoms with van der Waals surface area (Å²) in [6.45, 7) is 7.28. The molecular formula is C26H25ClN8O2. The number of halogens is 1. The lowest BCUT2D eigenvalue weighted by Crippen LogP contribution is -2.44. The summed E-state index contributed by atoms with van der Waals surface area (Å²) in [5.41, 5.74) is 2.86. The Morgan fingerprint density at radius 1 is 1.08 bits per heavy atom. The second-order valence-corrected chi connectivity index (χ2v) is 9.08. The van der Waals surface area contributed by atoms with Gasteiger partial charge in [-0.25, -0.2) is 4.98 Å². The first kappa shape index (κ1) is 24.4. The maximum Gasteiger partial charge on any atom is 0.283 e. The molecule has 10 nitrogen and oxygen atoms in total. The van der Waals surface area contributed by atoms with E-state index in [0.29, 0.717) is 28.0 Å². The van der Waals surface area contributed by atoms with Gasteiger partial charge in [0.15, 0.2) is 5.65 Å². The Hall–Kier alpha value is -4.28. The Morgan fingerprint density at radius 2 is 1.89 bits per heavy atom. The second-order valence-electron chi connectivity index (χ2n) is 8.68. The summed E-state index contributed by atoms with van der Waals surface area (Å²) >= 11 is 6.62. The highest BCUT2D eigenvalue weighted by atomic mass is 35.5. The Balaban J connectivity index is 1.45. The lowest BCUT2D eigenvalue weighted by Gasteiger charge is -2.34. The summed E-state index contributed by atoms with van der Waals surface area (Å²) in [7, 11) is 2.11.